The number of hydrogen-bond acceptors (Lipinski definition) is 6. The highest BCUT2D eigenvalue weighted by Gasteiger charge is 2.33. The van der Waals surface area contributed by atoms with Gasteiger partial charge in [0.2, 0.25) is 10.0 Å². The van der Waals surface area contributed by atoms with Gasteiger partial charge in [0, 0.05) is 5.56 Å². The lowest BCUT2D eigenvalue weighted by Gasteiger charge is -2.14. The first-order valence-electron chi connectivity index (χ1n) is 8.39. The lowest BCUT2D eigenvalue weighted by molar-refractivity contribution is 0.268. The van der Waals surface area contributed by atoms with E-state index < -0.39 is 10.0 Å². The van der Waals surface area contributed by atoms with Crippen LogP contribution in [0, 0.1) is 0 Å². The second kappa shape index (κ2) is 7.60. The molecule has 0 radical (unpaired) electrons. The van der Waals surface area contributed by atoms with Crippen molar-refractivity contribution in [2.45, 2.75) is 4.90 Å². The maximum absolute atomic E-state index is 12.4. The largest absolute Gasteiger partial charge is 0.457 e. The summed E-state index contributed by atoms with van der Waals surface area (Å²) in [6.45, 7) is 0. The Morgan fingerprint density at radius 2 is 1.69 bits per heavy atom. The summed E-state index contributed by atoms with van der Waals surface area (Å²) in [5.74, 6) is 1.08. The Morgan fingerprint density at radius 1 is 1.00 bits per heavy atom. The molecule has 2 N–H and O–H groups in total. The smallest absolute Gasteiger partial charge is 0.296 e. The van der Waals surface area contributed by atoms with Crippen molar-refractivity contribution in [1.29, 1.82) is 0 Å². The van der Waals surface area contributed by atoms with Crippen molar-refractivity contribution in [2.75, 3.05) is 4.90 Å². The maximum atomic E-state index is 12.4. The van der Waals surface area contributed by atoms with Gasteiger partial charge >= 0.3 is 0 Å². The number of nitrogens with two attached hydrogens (primary N) is 1. The molecule has 1 saturated heterocycles. The number of anilines is 1. The Balaban J connectivity index is 1.58. The summed E-state index contributed by atoms with van der Waals surface area (Å²) in [6, 6.07) is 18.8. The predicted molar refractivity (Wildman–Crippen MR) is 118 cm³/mol. The van der Waals surface area contributed by atoms with Gasteiger partial charge in [0.25, 0.3) is 5.24 Å². The van der Waals surface area contributed by atoms with Gasteiger partial charge in [-0.1, -0.05) is 30.4 Å². The lowest BCUT2D eigenvalue weighted by atomic mass is 10.2. The van der Waals surface area contributed by atoms with E-state index >= 15 is 0 Å². The van der Waals surface area contributed by atoms with E-state index in [1.807, 2.05) is 30.3 Å². The van der Waals surface area contributed by atoms with E-state index in [9.17, 15) is 13.2 Å². The van der Waals surface area contributed by atoms with E-state index in [1.54, 1.807) is 30.3 Å². The molecule has 3 aromatic rings. The molecule has 1 fully saturated rings. The highest BCUT2D eigenvalue weighted by molar-refractivity contribution is 8.20. The van der Waals surface area contributed by atoms with Crippen molar-refractivity contribution in [3.63, 3.8) is 0 Å². The molecule has 4 rings (SSSR count). The van der Waals surface area contributed by atoms with Gasteiger partial charge in [-0.15, -0.1) is 0 Å². The van der Waals surface area contributed by atoms with Crippen LogP contribution in [0.4, 0.5) is 10.5 Å². The van der Waals surface area contributed by atoms with Crippen LogP contribution in [0.1, 0.15) is 5.76 Å². The second-order valence-corrected chi connectivity index (χ2v) is 9.07. The fourth-order valence-corrected chi connectivity index (χ4v) is 4.57. The van der Waals surface area contributed by atoms with Crippen LogP contribution < -0.4 is 10.0 Å². The average Bonchev–Trinajstić information content (AvgIpc) is 3.27. The number of sulfonamides is 1. The molecule has 2 aromatic carbocycles. The molecule has 0 bridgehead atoms. The predicted octanol–water partition coefficient (Wildman–Crippen LogP) is 4.64. The minimum Gasteiger partial charge on any atom is -0.457 e. The van der Waals surface area contributed by atoms with Gasteiger partial charge in [0.15, 0.2) is 0 Å². The lowest BCUT2D eigenvalue weighted by Crippen LogP contribution is -2.26. The zero-order chi connectivity index (χ0) is 20.6. The number of rotatable bonds is 4. The van der Waals surface area contributed by atoms with Crippen LogP contribution in [-0.4, -0.2) is 18.6 Å². The second-order valence-electron chi connectivity index (χ2n) is 6.12. The van der Waals surface area contributed by atoms with Crippen LogP contribution in [0.2, 0.25) is 0 Å². The zero-order valence-electron chi connectivity index (χ0n) is 14.8. The number of amides is 1. The van der Waals surface area contributed by atoms with Gasteiger partial charge in [0.1, 0.15) is 16.5 Å². The number of thiocarbonyl (C=S) groups is 1. The van der Waals surface area contributed by atoms with E-state index in [2.05, 4.69) is 0 Å². The van der Waals surface area contributed by atoms with Gasteiger partial charge in [-0.05, 0) is 66.4 Å². The Bertz CT molecular complexity index is 1230. The quantitative estimate of drug-likeness (QED) is 0.467. The topological polar surface area (TPSA) is 93.6 Å². The summed E-state index contributed by atoms with van der Waals surface area (Å²) in [5.41, 5.74) is 1.42. The van der Waals surface area contributed by atoms with Crippen molar-refractivity contribution < 1.29 is 17.6 Å². The summed E-state index contributed by atoms with van der Waals surface area (Å²) >= 11 is 6.52. The monoisotopic (exact) mass is 442 g/mol. The Kier molecular flexibility index (Phi) is 5.13. The van der Waals surface area contributed by atoms with Gasteiger partial charge in [-0.2, -0.15) is 0 Å². The summed E-state index contributed by atoms with van der Waals surface area (Å²) in [7, 11) is -3.75. The van der Waals surface area contributed by atoms with E-state index in [-0.39, 0.29) is 10.1 Å². The normalized spacial score (nSPS) is 16.0. The van der Waals surface area contributed by atoms with Gasteiger partial charge in [-0.3, -0.25) is 9.69 Å². The van der Waals surface area contributed by atoms with Crippen molar-refractivity contribution in [3.05, 3.63) is 77.4 Å². The average molecular weight is 443 g/mol. The number of benzene rings is 2. The fourth-order valence-electron chi connectivity index (χ4n) is 2.79. The number of carbonyl (C=O) groups is 1. The Labute approximate surface area is 177 Å². The summed E-state index contributed by atoms with van der Waals surface area (Å²) in [6.07, 6.45) is 1.72. The van der Waals surface area contributed by atoms with Gasteiger partial charge in [0.05, 0.1) is 15.5 Å². The van der Waals surface area contributed by atoms with Crippen LogP contribution in [0.3, 0.4) is 0 Å². The number of para-hydroxylation sites is 1. The summed E-state index contributed by atoms with van der Waals surface area (Å²) in [5, 5.41) is 4.94. The minimum atomic E-state index is -3.75. The number of nitrogens with zero attached hydrogens (tertiary/aromatic N) is 1. The molecule has 1 aliphatic rings. The Morgan fingerprint density at radius 3 is 2.34 bits per heavy atom. The van der Waals surface area contributed by atoms with Gasteiger partial charge < -0.3 is 4.42 Å². The molecule has 1 aromatic heterocycles. The molecule has 9 heteroatoms. The summed E-state index contributed by atoms with van der Waals surface area (Å²) < 4.78 is 28.6. The van der Waals surface area contributed by atoms with E-state index in [0.29, 0.717) is 32.7 Å². The number of primary sulfonamides is 1. The summed E-state index contributed by atoms with van der Waals surface area (Å²) in [4.78, 5) is 15.0. The third-order valence-corrected chi connectivity index (χ3v) is 6.52. The Hall–Kier alpha value is -2.72. The molecule has 0 atom stereocenters. The van der Waals surface area contributed by atoms with Crippen molar-refractivity contribution in [2.24, 2.45) is 5.14 Å². The zero-order valence-corrected chi connectivity index (χ0v) is 17.3. The van der Waals surface area contributed by atoms with Crippen LogP contribution in [0.15, 0.2) is 80.9 Å². The first-order chi connectivity index (χ1) is 13.8. The van der Waals surface area contributed by atoms with Crippen molar-refractivity contribution in [3.8, 4) is 11.3 Å². The number of hydrogen-bond donors (Lipinski definition) is 1. The molecular formula is C20H14N2O4S3. The van der Waals surface area contributed by atoms with Crippen LogP contribution in [0.25, 0.3) is 17.4 Å². The van der Waals surface area contributed by atoms with Crippen LogP contribution in [-0.2, 0) is 10.0 Å². The molecule has 29 heavy (non-hydrogen) atoms. The molecule has 0 saturated carbocycles. The van der Waals surface area contributed by atoms with E-state index in [4.69, 9.17) is 21.8 Å². The molecular weight excluding hydrogens is 428 g/mol. The van der Waals surface area contributed by atoms with Crippen molar-refractivity contribution >= 4 is 56.0 Å². The van der Waals surface area contributed by atoms with Crippen LogP contribution >= 0.6 is 24.0 Å². The highest BCUT2D eigenvalue weighted by Crippen LogP contribution is 2.37. The molecule has 146 valence electrons. The molecule has 0 spiro atoms. The molecule has 2 heterocycles. The number of carbonyl (C=O) groups excluding carboxylic acids is 1. The fraction of sp³-hybridized carbons (Fsp3) is 0. The van der Waals surface area contributed by atoms with Crippen molar-refractivity contribution in [1.82, 2.24) is 0 Å². The van der Waals surface area contributed by atoms with Crippen LogP contribution in [0.5, 0.6) is 0 Å². The molecule has 6 nitrogen and oxygen atoms in total. The minimum absolute atomic E-state index is 0.0300. The van der Waals surface area contributed by atoms with Gasteiger partial charge in [-0.25, -0.2) is 13.6 Å². The molecule has 0 aliphatic carbocycles. The standard InChI is InChI=1S/C20H14N2O4S3/c21-29(24,25)16-9-6-13(7-10-16)17-11-8-15(26-17)12-18-19(27)22(20(23)28-18)14-4-2-1-3-5-14/h1-12H,(H2,21,24,25)/b18-12-. The third-order valence-electron chi connectivity index (χ3n) is 4.18. The molecule has 0 unspecified atom stereocenters. The SMILES string of the molecule is NS(=O)(=O)c1ccc(-c2ccc(/C=C3\SC(=O)N(c4ccccc4)C3=S)o2)cc1. The highest BCUT2D eigenvalue weighted by atomic mass is 32.2. The van der Waals surface area contributed by atoms with E-state index in [1.165, 1.54) is 17.0 Å². The molecule has 1 amide bonds. The van der Waals surface area contributed by atoms with E-state index in [0.717, 1.165) is 11.8 Å². The third kappa shape index (κ3) is 4.03. The molecule has 1 aliphatic heterocycles. The maximum Gasteiger partial charge on any atom is 0.296 e. The number of furan rings is 1. The first kappa shape index (κ1) is 19.6. The number of thioether (sulfide) groups is 1. The first-order valence-corrected chi connectivity index (χ1v) is 11.2.